The van der Waals surface area contributed by atoms with Gasteiger partial charge in [0.25, 0.3) is 0 Å². The molecule has 3 aromatic heterocycles. The summed E-state index contributed by atoms with van der Waals surface area (Å²) in [6, 6.07) is 8.95. The molecule has 1 N–H and O–H groups in total. The number of benzene rings is 1. The van der Waals surface area contributed by atoms with Gasteiger partial charge in [-0.1, -0.05) is 12.1 Å². The van der Waals surface area contributed by atoms with E-state index < -0.39 is 0 Å². The first-order valence-electron chi connectivity index (χ1n) is 10.6. The summed E-state index contributed by atoms with van der Waals surface area (Å²) >= 11 is 0. The maximum Gasteiger partial charge on any atom is 0.139 e. The van der Waals surface area contributed by atoms with Crippen molar-refractivity contribution in [1.82, 2.24) is 29.9 Å². The molecule has 4 aromatic rings. The second-order valence-electron chi connectivity index (χ2n) is 8.13. The van der Waals surface area contributed by atoms with E-state index in [0.717, 1.165) is 66.1 Å². The normalized spacial score (nSPS) is 18.2. The quantitative estimate of drug-likeness (QED) is 0.569. The van der Waals surface area contributed by atoms with Gasteiger partial charge in [-0.15, -0.1) is 0 Å². The Bertz CT molecular complexity index is 1230. The molecule has 0 radical (unpaired) electrons. The molecular weight excluding hydrogens is 376 g/mol. The van der Waals surface area contributed by atoms with Crippen molar-refractivity contribution in [3.8, 4) is 22.7 Å². The van der Waals surface area contributed by atoms with Gasteiger partial charge in [-0.2, -0.15) is 10.2 Å². The van der Waals surface area contributed by atoms with Gasteiger partial charge < -0.3 is 10.1 Å². The molecule has 1 atom stereocenters. The van der Waals surface area contributed by atoms with Crippen molar-refractivity contribution < 1.29 is 4.74 Å². The second-order valence-corrected chi connectivity index (χ2v) is 8.13. The molecule has 1 aliphatic heterocycles. The smallest absolute Gasteiger partial charge is 0.139 e. The van der Waals surface area contributed by atoms with Crippen molar-refractivity contribution in [3.63, 3.8) is 0 Å². The van der Waals surface area contributed by atoms with Crippen LogP contribution in [0.3, 0.4) is 0 Å². The average molecular weight is 400 g/mol. The van der Waals surface area contributed by atoms with Crippen LogP contribution < -0.4 is 10.1 Å². The van der Waals surface area contributed by atoms with Crippen LogP contribution in [0.5, 0.6) is 5.75 Å². The fraction of sp³-hybridized carbons (Fsp3) is 0.348. The van der Waals surface area contributed by atoms with E-state index in [1.165, 1.54) is 17.5 Å². The molecule has 0 saturated carbocycles. The molecule has 1 aliphatic carbocycles. The predicted molar refractivity (Wildman–Crippen MR) is 115 cm³/mol. The molecule has 0 bridgehead atoms. The van der Waals surface area contributed by atoms with E-state index in [0.29, 0.717) is 6.04 Å². The predicted octanol–water partition coefficient (Wildman–Crippen LogP) is 3.32. The van der Waals surface area contributed by atoms with E-state index in [1.54, 1.807) is 13.3 Å². The Hall–Kier alpha value is -3.19. The molecule has 6 rings (SSSR count). The molecule has 1 fully saturated rings. The summed E-state index contributed by atoms with van der Waals surface area (Å²) in [5, 5.41) is 13.1. The molecule has 1 saturated heterocycles. The monoisotopic (exact) mass is 400 g/mol. The highest BCUT2D eigenvalue weighted by Gasteiger charge is 2.23. The van der Waals surface area contributed by atoms with E-state index in [9.17, 15) is 0 Å². The highest BCUT2D eigenvalue weighted by molar-refractivity contribution is 5.91. The number of nitrogens with one attached hydrogen (secondary N) is 1. The average Bonchev–Trinajstić information content (AvgIpc) is 3.58. The van der Waals surface area contributed by atoms with Crippen LogP contribution in [0, 0.1) is 0 Å². The second kappa shape index (κ2) is 6.95. The fourth-order valence-corrected chi connectivity index (χ4v) is 4.79. The molecule has 152 valence electrons. The van der Waals surface area contributed by atoms with Crippen molar-refractivity contribution in [2.75, 3.05) is 20.2 Å². The first-order chi connectivity index (χ1) is 14.8. The third kappa shape index (κ3) is 2.73. The van der Waals surface area contributed by atoms with Gasteiger partial charge >= 0.3 is 0 Å². The molecule has 7 nitrogen and oxygen atoms in total. The number of pyridine rings is 1. The summed E-state index contributed by atoms with van der Waals surface area (Å²) in [4.78, 5) is 4.72. The van der Waals surface area contributed by atoms with Gasteiger partial charge in [0.15, 0.2) is 0 Å². The Balaban J connectivity index is 1.53. The molecule has 30 heavy (non-hydrogen) atoms. The summed E-state index contributed by atoms with van der Waals surface area (Å²) in [7, 11) is 1.67. The molecule has 7 heteroatoms. The maximum absolute atomic E-state index is 5.47. The van der Waals surface area contributed by atoms with Crippen LogP contribution in [-0.4, -0.2) is 44.7 Å². The van der Waals surface area contributed by atoms with E-state index in [2.05, 4.69) is 39.5 Å². The zero-order chi connectivity index (χ0) is 20.1. The van der Waals surface area contributed by atoms with Crippen molar-refractivity contribution >= 4 is 11.0 Å². The van der Waals surface area contributed by atoms with Crippen molar-refractivity contribution in [1.29, 1.82) is 0 Å². The molecule has 0 spiro atoms. The number of hydrogen-bond acceptors (Lipinski definition) is 5. The molecule has 1 aromatic carbocycles. The summed E-state index contributed by atoms with van der Waals surface area (Å²) in [6.07, 6.45) is 10.3. The minimum Gasteiger partial charge on any atom is -0.495 e. The van der Waals surface area contributed by atoms with Crippen LogP contribution in [0.2, 0.25) is 0 Å². The summed E-state index contributed by atoms with van der Waals surface area (Å²) in [6.45, 7) is 2.00. The minimum atomic E-state index is 0.401. The van der Waals surface area contributed by atoms with Crippen molar-refractivity contribution in [2.24, 2.45) is 0 Å². The fourth-order valence-electron chi connectivity index (χ4n) is 4.79. The molecule has 0 amide bonds. The van der Waals surface area contributed by atoms with Crippen molar-refractivity contribution in [3.05, 3.63) is 54.0 Å². The van der Waals surface area contributed by atoms with E-state index in [1.807, 2.05) is 16.9 Å². The number of rotatable bonds is 4. The van der Waals surface area contributed by atoms with Gasteiger partial charge in [0.05, 0.1) is 36.7 Å². The van der Waals surface area contributed by atoms with Crippen LogP contribution in [0.4, 0.5) is 0 Å². The van der Waals surface area contributed by atoms with Gasteiger partial charge in [0.1, 0.15) is 17.0 Å². The molecule has 1 unspecified atom stereocenters. The van der Waals surface area contributed by atoms with Gasteiger partial charge in [0, 0.05) is 24.4 Å². The number of aromatic nitrogens is 5. The Labute approximate surface area is 174 Å². The lowest BCUT2D eigenvalue weighted by Crippen LogP contribution is -2.13. The number of nitrogens with zero attached hydrogens (tertiary/aromatic N) is 5. The zero-order valence-electron chi connectivity index (χ0n) is 17.0. The summed E-state index contributed by atoms with van der Waals surface area (Å²) in [5.41, 5.74) is 7.65. The summed E-state index contributed by atoms with van der Waals surface area (Å²) < 4.78 is 9.57. The first kappa shape index (κ1) is 17.7. The van der Waals surface area contributed by atoms with E-state index >= 15 is 0 Å². The van der Waals surface area contributed by atoms with Gasteiger partial charge in [-0.25, -0.2) is 9.67 Å². The van der Waals surface area contributed by atoms with Crippen LogP contribution >= 0.6 is 0 Å². The Morgan fingerprint density at radius 1 is 1.20 bits per heavy atom. The Morgan fingerprint density at radius 2 is 2.17 bits per heavy atom. The number of hydrogen-bond donors (Lipinski definition) is 1. The summed E-state index contributed by atoms with van der Waals surface area (Å²) in [5.74, 6) is 0.732. The van der Waals surface area contributed by atoms with Gasteiger partial charge in [-0.05, 0) is 49.4 Å². The van der Waals surface area contributed by atoms with Gasteiger partial charge in [0.2, 0.25) is 0 Å². The van der Waals surface area contributed by atoms with Crippen LogP contribution in [-0.2, 0) is 12.8 Å². The number of methoxy groups -OCH3 is 1. The van der Waals surface area contributed by atoms with E-state index in [-0.39, 0.29) is 0 Å². The minimum absolute atomic E-state index is 0.401. The number of fused-ring (bicyclic) bond motifs is 2. The topological polar surface area (TPSA) is 69.8 Å². The Morgan fingerprint density at radius 3 is 3.03 bits per heavy atom. The highest BCUT2D eigenvalue weighted by atomic mass is 16.5. The van der Waals surface area contributed by atoms with Gasteiger partial charge in [-0.3, -0.25) is 4.68 Å². The molecule has 4 heterocycles. The maximum atomic E-state index is 5.47. The largest absolute Gasteiger partial charge is 0.495 e. The highest BCUT2D eigenvalue weighted by Crippen LogP contribution is 2.34. The third-order valence-electron chi connectivity index (χ3n) is 6.36. The lowest BCUT2D eigenvalue weighted by Gasteiger charge is -2.10. The lowest BCUT2D eigenvalue weighted by molar-refractivity contribution is 0.413. The Kier molecular flexibility index (Phi) is 4.09. The lowest BCUT2D eigenvalue weighted by atomic mass is 10.1. The standard InChI is InChI=1S/C23H24N6O/c1-30-18-10-21-23(25-13-18)22(16-11-26-28(14-16)17-8-9-24-12-17)27-29(21)20-7-3-5-15-4-2-6-19(15)20/h3,5,7,10-11,13-14,17,24H,2,4,6,8-9,12H2,1H3. The van der Waals surface area contributed by atoms with E-state index in [4.69, 9.17) is 14.8 Å². The van der Waals surface area contributed by atoms with Crippen LogP contribution in [0.15, 0.2) is 42.9 Å². The number of aryl methyl sites for hydroxylation is 1. The SMILES string of the molecule is COc1cnc2c(-c3cnn(C4CCNC4)c3)nn(-c3cccc4c3CCC4)c2c1. The zero-order valence-corrected chi connectivity index (χ0v) is 17.0. The van der Waals surface area contributed by atoms with Crippen LogP contribution in [0.1, 0.15) is 30.0 Å². The molecular formula is C23H24N6O. The van der Waals surface area contributed by atoms with Crippen molar-refractivity contribution in [2.45, 2.75) is 31.7 Å². The van der Waals surface area contributed by atoms with Crippen LogP contribution in [0.25, 0.3) is 28.0 Å². The third-order valence-corrected chi connectivity index (χ3v) is 6.36. The first-order valence-corrected chi connectivity index (χ1v) is 10.6. The number of ether oxygens (including phenoxy) is 1. The molecule has 2 aliphatic rings.